The third kappa shape index (κ3) is 1.43. The molecule has 1 heterocycles. The lowest BCUT2D eigenvalue weighted by Gasteiger charge is -2.09. The standard InChI is InChI=1S/C10H9FO3/c11-8-3-2-7(6-12)9-10(8)14-5-1-4-13-9/h2-3,6H,1,4-5H2. The van der Waals surface area contributed by atoms with Gasteiger partial charge >= 0.3 is 0 Å². The van der Waals surface area contributed by atoms with Gasteiger partial charge in [-0.2, -0.15) is 0 Å². The topological polar surface area (TPSA) is 35.5 Å². The molecule has 0 saturated heterocycles. The van der Waals surface area contributed by atoms with Crippen LogP contribution in [-0.4, -0.2) is 19.5 Å². The van der Waals surface area contributed by atoms with Crippen molar-refractivity contribution in [2.45, 2.75) is 6.42 Å². The minimum atomic E-state index is -0.493. The minimum Gasteiger partial charge on any atom is -0.489 e. The Morgan fingerprint density at radius 2 is 1.93 bits per heavy atom. The van der Waals surface area contributed by atoms with Crippen molar-refractivity contribution in [2.75, 3.05) is 13.2 Å². The zero-order valence-corrected chi connectivity index (χ0v) is 7.46. The van der Waals surface area contributed by atoms with Gasteiger partial charge in [0.05, 0.1) is 18.8 Å². The summed E-state index contributed by atoms with van der Waals surface area (Å²) in [5, 5.41) is 0. The van der Waals surface area contributed by atoms with Crippen LogP contribution in [0.5, 0.6) is 11.5 Å². The molecular weight excluding hydrogens is 187 g/mol. The first kappa shape index (κ1) is 8.99. The van der Waals surface area contributed by atoms with E-state index in [4.69, 9.17) is 9.47 Å². The highest BCUT2D eigenvalue weighted by molar-refractivity contribution is 5.81. The maximum atomic E-state index is 13.2. The molecule has 0 fully saturated rings. The Kier molecular flexibility index (Phi) is 2.35. The predicted molar refractivity (Wildman–Crippen MR) is 47.4 cm³/mol. The van der Waals surface area contributed by atoms with E-state index in [1.54, 1.807) is 0 Å². The van der Waals surface area contributed by atoms with E-state index in [0.717, 1.165) is 0 Å². The molecule has 1 aromatic carbocycles. The molecule has 1 aromatic rings. The fourth-order valence-electron chi connectivity index (χ4n) is 1.34. The second-order valence-corrected chi connectivity index (χ2v) is 2.96. The molecule has 1 aliphatic heterocycles. The fourth-order valence-corrected chi connectivity index (χ4v) is 1.34. The number of fused-ring (bicyclic) bond motifs is 1. The normalized spacial score (nSPS) is 14.6. The van der Waals surface area contributed by atoms with E-state index in [9.17, 15) is 9.18 Å². The van der Waals surface area contributed by atoms with E-state index in [-0.39, 0.29) is 11.5 Å². The Bertz CT molecular complexity index is 363. The molecule has 0 N–H and O–H groups in total. The zero-order chi connectivity index (χ0) is 9.97. The van der Waals surface area contributed by atoms with E-state index >= 15 is 0 Å². The lowest BCUT2D eigenvalue weighted by molar-refractivity contribution is 0.111. The number of rotatable bonds is 1. The highest BCUT2D eigenvalue weighted by Crippen LogP contribution is 2.34. The molecule has 0 unspecified atom stereocenters. The molecule has 0 bridgehead atoms. The number of hydrogen-bond donors (Lipinski definition) is 0. The van der Waals surface area contributed by atoms with E-state index in [2.05, 4.69) is 0 Å². The van der Waals surface area contributed by atoms with Crippen LogP contribution in [0.2, 0.25) is 0 Å². The fraction of sp³-hybridized carbons (Fsp3) is 0.300. The van der Waals surface area contributed by atoms with Crippen LogP contribution in [0.3, 0.4) is 0 Å². The van der Waals surface area contributed by atoms with Crippen LogP contribution in [0.4, 0.5) is 4.39 Å². The number of ether oxygens (including phenoxy) is 2. The first-order chi connectivity index (χ1) is 6.83. The van der Waals surface area contributed by atoms with Crippen molar-refractivity contribution >= 4 is 6.29 Å². The van der Waals surface area contributed by atoms with Crippen LogP contribution in [-0.2, 0) is 0 Å². The van der Waals surface area contributed by atoms with Crippen molar-refractivity contribution in [1.29, 1.82) is 0 Å². The highest BCUT2D eigenvalue weighted by atomic mass is 19.1. The molecule has 14 heavy (non-hydrogen) atoms. The van der Waals surface area contributed by atoms with Crippen LogP contribution in [0.15, 0.2) is 12.1 Å². The minimum absolute atomic E-state index is 0.0482. The molecule has 0 amide bonds. The second kappa shape index (κ2) is 3.65. The third-order valence-corrected chi connectivity index (χ3v) is 2.00. The number of carbonyl (C=O) groups excluding carboxylic acids is 1. The van der Waals surface area contributed by atoms with E-state index in [1.807, 2.05) is 0 Å². The van der Waals surface area contributed by atoms with Gasteiger partial charge in [0.25, 0.3) is 0 Å². The van der Waals surface area contributed by atoms with E-state index in [0.29, 0.717) is 31.5 Å². The average Bonchev–Trinajstić information content (AvgIpc) is 2.44. The SMILES string of the molecule is O=Cc1ccc(F)c2c1OCCCO2. The summed E-state index contributed by atoms with van der Waals surface area (Å²) in [6.07, 6.45) is 1.32. The summed E-state index contributed by atoms with van der Waals surface area (Å²) in [7, 11) is 0. The van der Waals surface area contributed by atoms with Crippen LogP contribution in [0, 0.1) is 5.82 Å². The van der Waals surface area contributed by atoms with E-state index < -0.39 is 5.82 Å². The summed E-state index contributed by atoms with van der Waals surface area (Å²) in [5.74, 6) is -0.225. The van der Waals surface area contributed by atoms with Crippen molar-refractivity contribution in [3.63, 3.8) is 0 Å². The largest absolute Gasteiger partial charge is 0.489 e. The molecule has 3 nitrogen and oxygen atoms in total. The first-order valence-electron chi connectivity index (χ1n) is 4.36. The lowest BCUT2D eigenvalue weighted by atomic mass is 10.2. The quantitative estimate of drug-likeness (QED) is 0.642. The van der Waals surface area contributed by atoms with Gasteiger partial charge in [-0.25, -0.2) is 4.39 Å². The Labute approximate surface area is 80.4 Å². The second-order valence-electron chi connectivity index (χ2n) is 2.96. The lowest BCUT2D eigenvalue weighted by Crippen LogP contribution is -1.98. The van der Waals surface area contributed by atoms with Crippen molar-refractivity contribution in [2.24, 2.45) is 0 Å². The Morgan fingerprint density at radius 1 is 1.21 bits per heavy atom. The van der Waals surface area contributed by atoms with Crippen LogP contribution < -0.4 is 9.47 Å². The molecule has 0 spiro atoms. The molecule has 0 radical (unpaired) electrons. The van der Waals surface area contributed by atoms with Gasteiger partial charge in [0, 0.05) is 6.42 Å². The summed E-state index contributed by atoms with van der Waals surface area (Å²) in [6, 6.07) is 2.59. The zero-order valence-electron chi connectivity index (χ0n) is 7.46. The van der Waals surface area contributed by atoms with Crippen molar-refractivity contribution < 1.29 is 18.7 Å². The number of carbonyl (C=O) groups is 1. The molecule has 1 aliphatic rings. The first-order valence-corrected chi connectivity index (χ1v) is 4.36. The van der Waals surface area contributed by atoms with Gasteiger partial charge in [-0.05, 0) is 12.1 Å². The summed E-state index contributed by atoms with van der Waals surface area (Å²) >= 11 is 0. The maximum absolute atomic E-state index is 13.2. The molecule has 4 heteroatoms. The van der Waals surface area contributed by atoms with Crippen LogP contribution >= 0.6 is 0 Å². The summed E-state index contributed by atoms with van der Waals surface area (Å²) in [6.45, 7) is 0.851. The smallest absolute Gasteiger partial charge is 0.197 e. The Hall–Kier alpha value is -1.58. The Morgan fingerprint density at radius 3 is 2.64 bits per heavy atom. The van der Waals surface area contributed by atoms with Gasteiger partial charge in [0.15, 0.2) is 23.6 Å². The highest BCUT2D eigenvalue weighted by Gasteiger charge is 2.18. The predicted octanol–water partition coefficient (Wildman–Crippen LogP) is 1.80. The van der Waals surface area contributed by atoms with Gasteiger partial charge in [-0.15, -0.1) is 0 Å². The van der Waals surface area contributed by atoms with Gasteiger partial charge in [-0.1, -0.05) is 0 Å². The number of benzene rings is 1. The molecule has 74 valence electrons. The van der Waals surface area contributed by atoms with Crippen molar-refractivity contribution in [1.82, 2.24) is 0 Å². The van der Waals surface area contributed by atoms with Crippen LogP contribution in [0.1, 0.15) is 16.8 Å². The summed E-state index contributed by atoms with van der Waals surface area (Å²) in [5.41, 5.74) is 0.323. The monoisotopic (exact) mass is 196 g/mol. The number of aldehydes is 1. The molecular formula is C10H9FO3. The van der Waals surface area contributed by atoms with Crippen LogP contribution in [0.25, 0.3) is 0 Å². The molecule has 0 aromatic heterocycles. The van der Waals surface area contributed by atoms with Crippen molar-refractivity contribution in [3.8, 4) is 11.5 Å². The Balaban J connectivity index is 2.54. The average molecular weight is 196 g/mol. The maximum Gasteiger partial charge on any atom is 0.197 e. The van der Waals surface area contributed by atoms with Crippen molar-refractivity contribution in [3.05, 3.63) is 23.5 Å². The number of halogens is 1. The third-order valence-electron chi connectivity index (χ3n) is 2.00. The summed E-state index contributed by atoms with van der Waals surface area (Å²) < 4.78 is 23.7. The molecule has 0 atom stereocenters. The summed E-state index contributed by atoms with van der Waals surface area (Å²) in [4.78, 5) is 10.6. The van der Waals surface area contributed by atoms with Gasteiger partial charge < -0.3 is 9.47 Å². The van der Waals surface area contributed by atoms with Gasteiger partial charge in [0.2, 0.25) is 0 Å². The molecule has 0 saturated carbocycles. The van der Waals surface area contributed by atoms with Gasteiger partial charge in [-0.3, -0.25) is 4.79 Å². The number of hydrogen-bond acceptors (Lipinski definition) is 3. The van der Waals surface area contributed by atoms with Gasteiger partial charge in [0.1, 0.15) is 0 Å². The molecule has 2 rings (SSSR count). The van der Waals surface area contributed by atoms with E-state index in [1.165, 1.54) is 12.1 Å². The molecule has 0 aliphatic carbocycles.